The highest BCUT2D eigenvalue weighted by molar-refractivity contribution is 5.27. The Hall–Kier alpha value is -0.420. The second-order valence-electron chi connectivity index (χ2n) is 25.3. The lowest BCUT2D eigenvalue weighted by Gasteiger charge is -2.62. The van der Waals surface area contributed by atoms with E-state index in [0.29, 0.717) is 21.7 Å². The number of hydrogen-bond acceptors (Lipinski definition) is 4. The fourth-order valence-corrected chi connectivity index (χ4v) is 17.0. The van der Waals surface area contributed by atoms with Gasteiger partial charge in [0.15, 0.2) is 0 Å². The third-order valence-corrected chi connectivity index (χ3v) is 20.4. The van der Waals surface area contributed by atoms with E-state index in [4.69, 9.17) is 0 Å². The fraction of sp³-hybridized carbons (Fsp3) is 0.963. The smallest absolute Gasteiger partial charge is 0.0657 e. The van der Waals surface area contributed by atoms with Crippen molar-refractivity contribution in [3.63, 3.8) is 0 Å². The van der Waals surface area contributed by atoms with Crippen LogP contribution in [0.1, 0.15) is 232 Å². The van der Waals surface area contributed by atoms with Crippen LogP contribution in [-0.2, 0) is 0 Å². The summed E-state index contributed by atoms with van der Waals surface area (Å²) in [6.45, 7) is 22.3. The van der Waals surface area contributed by atoms with Crippen LogP contribution in [0, 0.1) is 74.9 Å². The highest BCUT2D eigenvalue weighted by Gasteiger charge is 2.61. The SMILES string of the molecule is C.C.CC(C)(O)CCC[C@H]1CC[C@H]2[C@@H]3CC=C4C[C@@](C)(O)CC[C@]4(C)[C@H]3CC[C@]12C.CC(C)(O)CCC[C@H]1CC[C@H]2[C@@H]3CC[C@H]4C[C@@](C)(O)CC[C@]4(C)[C@H]3CC[C@]12C. The maximum Gasteiger partial charge on any atom is 0.0657 e. The third-order valence-electron chi connectivity index (χ3n) is 20.4. The van der Waals surface area contributed by atoms with Crippen LogP contribution in [0.2, 0.25) is 0 Å². The van der Waals surface area contributed by atoms with Gasteiger partial charge in [-0.3, -0.25) is 0 Å². The Morgan fingerprint density at radius 2 is 1.05 bits per heavy atom. The lowest BCUT2D eigenvalue weighted by atomic mass is 9.44. The van der Waals surface area contributed by atoms with E-state index in [1.54, 1.807) is 5.57 Å². The lowest BCUT2D eigenvalue weighted by molar-refractivity contribution is -0.146. The summed E-state index contributed by atoms with van der Waals surface area (Å²) in [5, 5.41) is 41.5. The Kier molecular flexibility index (Phi) is 14.2. The molecule has 0 aromatic heterocycles. The highest BCUT2D eigenvalue weighted by Crippen LogP contribution is 2.69. The molecule has 58 heavy (non-hydrogen) atoms. The van der Waals surface area contributed by atoms with Crippen molar-refractivity contribution in [2.45, 2.75) is 254 Å². The van der Waals surface area contributed by atoms with E-state index in [9.17, 15) is 20.4 Å². The number of hydrogen-bond donors (Lipinski definition) is 4. The molecule has 8 aliphatic rings. The van der Waals surface area contributed by atoms with Crippen molar-refractivity contribution < 1.29 is 20.4 Å². The van der Waals surface area contributed by atoms with Gasteiger partial charge < -0.3 is 20.4 Å². The summed E-state index contributed by atoms with van der Waals surface area (Å²) in [6, 6.07) is 0. The first-order chi connectivity index (χ1) is 25.9. The Morgan fingerprint density at radius 3 is 1.60 bits per heavy atom. The van der Waals surface area contributed by atoms with Crippen molar-refractivity contribution >= 4 is 0 Å². The molecule has 0 spiro atoms. The van der Waals surface area contributed by atoms with E-state index >= 15 is 0 Å². The zero-order valence-corrected chi connectivity index (χ0v) is 38.3. The molecule has 0 aliphatic heterocycles. The van der Waals surface area contributed by atoms with E-state index in [2.05, 4.69) is 40.7 Å². The number of aliphatic hydroxyl groups is 4. The monoisotopic (exact) mass is 811 g/mol. The maximum atomic E-state index is 10.7. The largest absolute Gasteiger partial charge is 0.390 e. The van der Waals surface area contributed by atoms with E-state index in [1.165, 1.54) is 109 Å². The standard InChI is InChI=1S/C26H46O2.C26H44O2.2CH4/c2*1-23(2,27)13-6-7-18-9-11-21-20-10-8-19-17-24(3,28)15-16-26(19,5)22(20)12-14-25(18,21)4;;/h18-22,27-28H,6-17H2,1-5H3;8,18,20-22,27-28H,6-7,9-17H2,1-5H3;2*1H4/t18-,19-,20-,21-,22-,24-,25+,26-;18-,20-,21-,22-,24-,25+,26-;;/m00../s1. The minimum Gasteiger partial charge on any atom is -0.390 e. The van der Waals surface area contributed by atoms with E-state index in [-0.39, 0.29) is 14.9 Å². The molecular formula is C54H98O4. The number of allylic oxidation sites excluding steroid dienone is 1. The van der Waals surface area contributed by atoms with Crippen molar-refractivity contribution in [3.05, 3.63) is 11.6 Å². The van der Waals surface area contributed by atoms with Crippen LogP contribution < -0.4 is 0 Å². The molecule has 0 amide bonds. The highest BCUT2D eigenvalue weighted by atomic mass is 16.3. The third kappa shape index (κ3) is 9.28. The summed E-state index contributed by atoms with van der Waals surface area (Å²) in [5.74, 6) is 7.80. The quantitative estimate of drug-likeness (QED) is 0.184. The molecule has 0 unspecified atom stereocenters. The van der Waals surface area contributed by atoms with Gasteiger partial charge in [0.2, 0.25) is 0 Å². The minimum absolute atomic E-state index is 0. The van der Waals surface area contributed by atoms with Gasteiger partial charge in [-0.1, -0.05) is 67.0 Å². The minimum atomic E-state index is -0.516. The normalized spacial score (nSPS) is 48.2. The van der Waals surface area contributed by atoms with Gasteiger partial charge in [-0.05, 0) is 251 Å². The predicted molar refractivity (Wildman–Crippen MR) is 245 cm³/mol. The second-order valence-corrected chi connectivity index (χ2v) is 25.3. The summed E-state index contributed by atoms with van der Waals surface area (Å²) in [7, 11) is 0. The van der Waals surface area contributed by atoms with Crippen molar-refractivity contribution in [1.29, 1.82) is 0 Å². The second kappa shape index (κ2) is 16.9. The van der Waals surface area contributed by atoms with Gasteiger partial charge in [0.25, 0.3) is 0 Å². The van der Waals surface area contributed by atoms with Gasteiger partial charge in [0.1, 0.15) is 0 Å². The van der Waals surface area contributed by atoms with E-state index < -0.39 is 22.4 Å². The Labute approximate surface area is 360 Å². The van der Waals surface area contributed by atoms with Crippen LogP contribution in [0.15, 0.2) is 11.6 Å². The maximum absolute atomic E-state index is 10.7. The summed E-state index contributed by atoms with van der Waals surface area (Å²) < 4.78 is 0. The molecule has 8 aliphatic carbocycles. The zero-order valence-electron chi connectivity index (χ0n) is 38.3. The molecule has 4 nitrogen and oxygen atoms in total. The van der Waals surface area contributed by atoms with Crippen LogP contribution >= 0.6 is 0 Å². The average Bonchev–Trinajstić information content (AvgIpc) is 3.60. The van der Waals surface area contributed by atoms with Crippen LogP contribution in [0.5, 0.6) is 0 Å². The molecule has 0 bridgehead atoms. The molecule has 0 radical (unpaired) electrons. The molecule has 4 heteroatoms. The van der Waals surface area contributed by atoms with Gasteiger partial charge >= 0.3 is 0 Å². The van der Waals surface area contributed by atoms with Gasteiger partial charge in [0.05, 0.1) is 22.4 Å². The van der Waals surface area contributed by atoms with Crippen molar-refractivity contribution in [2.75, 3.05) is 0 Å². The molecule has 15 atom stereocenters. The number of fused-ring (bicyclic) bond motifs is 10. The molecule has 0 saturated heterocycles. The van der Waals surface area contributed by atoms with Crippen molar-refractivity contribution in [1.82, 2.24) is 0 Å². The first-order valence-electron chi connectivity index (χ1n) is 24.5. The van der Waals surface area contributed by atoms with Gasteiger partial charge in [-0.15, -0.1) is 0 Å². The topological polar surface area (TPSA) is 80.9 Å². The lowest BCUT2D eigenvalue weighted by Crippen LogP contribution is -2.55. The van der Waals surface area contributed by atoms with E-state index in [1.807, 2.05) is 34.6 Å². The van der Waals surface area contributed by atoms with Crippen molar-refractivity contribution in [3.8, 4) is 0 Å². The average molecular weight is 811 g/mol. The molecule has 0 heterocycles. The predicted octanol–water partition coefficient (Wildman–Crippen LogP) is 13.9. The van der Waals surface area contributed by atoms with Gasteiger partial charge in [-0.25, -0.2) is 0 Å². The molecule has 4 N–H and O–H groups in total. The Morgan fingerprint density at radius 1 is 0.552 bits per heavy atom. The molecule has 7 fully saturated rings. The molecule has 338 valence electrons. The van der Waals surface area contributed by atoms with Crippen LogP contribution in [0.25, 0.3) is 0 Å². The fourth-order valence-electron chi connectivity index (χ4n) is 17.0. The van der Waals surface area contributed by atoms with Crippen molar-refractivity contribution in [2.24, 2.45) is 74.9 Å². The van der Waals surface area contributed by atoms with Gasteiger partial charge in [-0.2, -0.15) is 0 Å². The summed E-state index contributed by atoms with van der Waals surface area (Å²) >= 11 is 0. The van der Waals surface area contributed by atoms with Crippen LogP contribution in [0.3, 0.4) is 0 Å². The zero-order chi connectivity index (χ0) is 40.7. The molecule has 0 aromatic rings. The molecule has 8 rings (SSSR count). The first kappa shape index (κ1) is 48.6. The first-order valence-corrected chi connectivity index (χ1v) is 24.5. The van der Waals surface area contributed by atoms with Gasteiger partial charge in [0, 0.05) is 0 Å². The van der Waals surface area contributed by atoms with E-state index in [0.717, 1.165) is 91.8 Å². The Balaban J connectivity index is 0.000000214. The Bertz CT molecular complexity index is 1410. The number of rotatable bonds is 8. The summed E-state index contributed by atoms with van der Waals surface area (Å²) in [6.07, 6.45) is 31.0. The molecular weight excluding hydrogens is 713 g/mol. The summed E-state index contributed by atoms with van der Waals surface area (Å²) in [4.78, 5) is 0. The van der Waals surface area contributed by atoms with Crippen LogP contribution in [0.4, 0.5) is 0 Å². The molecule has 0 aromatic carbocycles. The van der Waals surface area contributed by atoms with Crippen LogP contribution in [-0.4, -0.2) is 42.8 Å². The summed E-state index contributed by atoms with van der Waals surface area (Å²) in [5.41, 5.74) is 1.53. The molecule has 7 saturated carbocycles.